The van der Waals surface area contributed by atoms with Crippen molar-refractivity contribution in [1.29, 1.82) is 0 Å². The molecule has 0 unspecified atom stereocenters. The van der Waals surface area contributed by atoms with Crippen LogP contribution >= 0.6 is 0 Å². The molecule has 2 N–H and O–H groups in total. The highest BCUT2D eigenvalue weighted by molar-refractivity contribution is 5.30. The SMILES string of the molecule is NCCc1cc(F)cc(C2CC2)c1. The molecule has 0 heterocycles. The van der Waals surface area contributed by atoms with E-state index in [1.54, 1.807) is 12.1 Å². The van der Waals surface area contributed by atoms with Crippen molar-refractivity contribution >= 4 is 0 Å². The largest absolute Gasteiger partial charge is 0.330 e. The fraction of sp³-hybridized carbons (Fsp3) is 0.455. The molecule has 1 aliphatic carbocycles. The van der Waals surface area contributed by atoms with Gasteiger partial charge >= 0.3 is 0 Å². The lowest BCUT2D eigenvalue weighted by molar-refractivity contribution is 0.623. The molecule has 0 aliphatic heterocycles. The summed E-state index contributed by atoms with van der Waals surface area (Å²) in [4.78, 5) is 0. The van der Waals surface area contributed by atoms with E-state index in [0.717, 1.165) is 17.5 Å². The predicted molar refractivity (Wildman–Crippen MR) is 51.1 cm³/mol. The van der Waals surface area contributed by atoms with Crippen LogP contribution in [0, 0.1) is 5.82 Å². The first kappa shape index (κ1) is 8.70. The van der Waals surface area contributed by atoms with Crippen LogP contribution in [-0.4, -0.2) is 6.54 Å². The first-order valence-electron chi connectivity index (χ1n) is 4.79. The van der Waals surface area contributed by atoms with Crippen molar-refractivity contribution in [2.45, 2.75) is 25.2 Å². The van der Waals surface area contributed by atoms with Crippen LogP contribution in [0.2, 0.25) is 0 Å². The summed E-state index contributed by atoms with van der Waals surface area (Å²) in [7, 11) is 0. The van der Waals surface area contributed by atoms with E-state index in [0.29, 0.717) is 12.5 Å². The molecule has 0 spiro atoms. The van der Waals surface area contributed by atoms with Crippen LogP contribution in [-0.2, 0) is 6.42 Å². The van der Waals surface area contributed by atoms with E-state index in [4.69, 9.17) is 5.73 Å². The van der Waals surface area contributed by atoms with Crippen molar-refractivity contribution in [2.75, 3.05) is 6.54 Å². The molecule has 0 bridgehead atoms. The topological polar surface area (TPSA) is 26.0 Å². The Balaban J connectivity index is 2.25. The van der Waals surface area contributed by atoms with Gasteiger partial charge in [0.1, 0.15) is 5.82 Å². The van der Waals surface area contributed by atoms with Crippen molar-refractivity contribution in [1.82, 2.24) is 0 Å². The zero-order valence-electron chi connectivity index (χ0n) is 7.59. The second kappa shape index (κ2) is 3.46. The number of nitrogens with two attached hydrogens (primary N) is 1. The Kier molecular flexibility index (Phi) is 2.32. The molecule has 1 saturated carbocycles. The lowest BCUT2D eigenvalue weighted by atomic mass is 10.0. The van der Waals surface area contributed by atoms with Crippen LogP contribution in [0.4, 0.5) is 4.39 Å². The Bertz CT molecular complexity index is 305. The summed E-state index contributed by atoms with van der Waals surface area (Å²) >= 11 is 0. The fourth-order valence-electron chi connectivity index (χ4n) is 1.64. The monoisotopic (exact) mass is 179 g/mol. The summed E-state index contributed by atoms with van der Waals surface area (Å²) in [5.74, 6) is 0.500. The van der Waals surface area contributed by atoms with Crippen molar-refractivity contribution in [2.24, 2.45) is 5.73 Å². The molecule has 0 radical (unpaired) electrons. The molecule has 1 aromatic rings. The molecule has 13 heavy (non-hydrogen) atoms. The van der Waals surface area contributed by atoms with Gasteiger partial charge in [-0.3, -0.25) is 0 Å². The van der Waals surface area contributed by atoms with Crippen LogP contribution in [0.15, 0.2) is 18.2 Å². The molecule has 0 saturated heterocycles. The Morgan fingerprint density at radius 2 is 2.08 bits per heavy atom. The van der Waals surface area contributed by atoms with Crippen molar-refractivity contribution in [3.05, 3.63) is 35.1 Å². The standard InChI is InChI=1S/C11H14FN/c12-11-6-8(3-4-13)5-10(7-11)9-1-2-9/h5-7,9H,1-4,13H2. The molecule has 0 amide bonds. The summed E-state index contributed by atoms with van der Waals surface area (Å²) in [6, 6.07) is 5.32. The minimum atomic E-state index is -0.118. The highest BCUT2D eigenvalue weighted by atomic mass is 19.1. The van der Waals surface area contributed by atoms with E-state index in [2.05, 4.69) is 6.07 Å². The third kappa shape index (κ3) is 2.07. The highest BCUT2D eigenvalue weighted by Crippen LogP contribution is 2.40. The molecule has 1 nitrogen and oxygen atoms in total. The van der Waals surface area contributed by atoms with E-state index in [9.17, 15) is 4.39 Å². The van der Waals surface area contributed by atoms with Gasteiger partial charge in [0.05, 0.1) is 0 Å². The maximum absolute atomic E-state index is 13.1. The summed E-state index contributed by atoms with van der Waals surface area (Å²) in [5.41, 5.74) is 7.62. The fourth-order valence-corrected chi connectivity index (χ4v) is 1.64. The molecule has 70 valence electrons. The molecule has 0 aromatic heterocycles. The third-order valence-electron chi connectivity index (χ3n) is 2.46. The van der Waals surface area contributed by atoms with E-state index in [1.807, 2.05) is 0 Å². The van der Waals surface area contributed by atoms with Gasteiger partial charge in [-0.25, -0.2) is 4.39 Å². The Morgan fingerprint density at radius 3 is 2.69 bits per heavy atom. The summed E-state index contributed by atoms with van der Waals surface area (Å²) in [5, 5.41) is 0. The summed E-state index contributed by atoms with van der Waals surface area (Å²) in [6.45, 7) is 0.591. The van der Waals surface area contributed by atoms with E-state index in [1.165, 1.54) is 12.8 Å². The minimum absolute atomic E-state index is 0.118. The average molecular weight is 179 g/mol. The second-order valence-electron chi connectivity index (χ2n) is 3.71. The summed E-state index contributed by atoms with van der Waals surface area (Å²) < 4.78 is 13.1. The molecule has 1 aliphatic rings. The predicted octanol–water partition coefficient (Wildman–Crippen LogP) is 2.20. The van der Waals surface area contributed by atoms with Gasteiger partial charge in [0, 0.05) is 0 Å². The van der Waals surface area contributed by atoms with E-state index >= 15 is 0 Å². The molecular formula is C11H14FN. The zero-order chi connectivity index (χ0) is 9.26. The van der Waals surface area contributed by atoms with Crippen LogP contribution in [0.5, 0.6) is 0 Å². The van der Waals surface area contributed by atoms with Gasteiger partial charge in [-0.15, -0.1) is 0 Å². The van der Waals surface area contributed by atoms with Crippen molar-refractivity contribution in [3.63, 3.8) is 0 Å². The maximum Gasteiger partial charge on any atom is 0.123 e. The third-order valence-corrected chi connectivity index (χ3v) is 2.46. The molecule has 2 heteroatoms. The first-order chi connectivity index (χ1) is 6.29. The molecule has 1 fully saturated rings. The van der Waals surface area contributed by atoms with Crippen LogP contribution < -0.4 is 5.73 Å². The quantitative estimate of drug-likeness (QED) is 0.756. The highest BCUT2D eigenvalue weighted by Gasteiger charge is 2.24. The number of hydrogen-bond acceptors (Lipinski definition) is 1. The van der Waals surface area contributed by atoms with Crippen molar-refractivity contribution in [3.8, 4) is 0 Å². The van der Waals surface area contributed by atoms with Gasteiger partial charge in [-0.1, -0.05) is 6.07 Å². The zero-order valence-corrected chi connectivity index (χ0v) is 7.59. The molecule has 2 rings (SSSR count). The Morgan fingerprint density at radius 1 is 1.31 bits per heavy atom. The van der Waals surface area contributed by atoms with Crippen molar-refractivity contribution < 1.29 is 4.39 Å². The maximum atomic E-state index is 13.1. The van der Waals surface area contributed by atoms with Gasteiger partial charge < -0.3 is 5.73 Å². The van der Waals surface area contributed by atoms with Gasteiger partial charge in [-0.05, 0) is 55.0 Å². The number of benzene rings is 1. The van der Waals surface area contributed by atoms with Gasteiger partial charge in [0.15, 0.2) is 0 Å². The van der Waals surface area contributed by atoms with Gasteiger partial charge in [0.25, 0.3) is 0 Å². The smallest absolute Gasteiger partial charge is 0.123 e. The van der Waals surface area contributed by atoms with Crippen LogP contribution in [0.1, 0.15) is 29.9 Å². The van der Waals surface area contributed by atoms with E-state index in [-0.39, 0.29) is 5.82 Å². The van der Waals surface area contributed by atoms with Gasteiger partial charge in [0.2, 0.25) is 0 Å². The summed E-state index contributed by atoms with van der Waals surface area (Å²) in [6.07, 6.45) is 3.20. The first-order valence-corrected chi connectivity index (χ1v) is 4.79. The average Bonchev–Trinajstić information content (AvgIpc) is 2.85. The van der Waals surface area contributed by atoms with E-state index < -0.39 is 0 Å². The molecular weight excluding hydrogens is 165 g/mol. The lowest BCUT2D eigenvalue weighted by Gasteiger charge is -2.03. The molecule has 1 aromatic carbocycles. The van der Waals surface area contributed by atoms with Crippen LogP contribution in [0.3, 0.4) is 0 Å². The molecule has 0 atom stereocenters. The van der Waals surface area contributed by atoms with Crippen LogP contribution in [0.25, 0.3) is 0 Å². The Hall–Kier alpha value is -0.890. The Labute approximate surface area is 77.8 Å². The lowest BCUT2D eigenvalue weighted by Crippen LogP contribution is -2.03. The number of rotatable bonds is 3. The number of hydrogen-bond donors (Lipinski definition) is 1. The second-order valence-corrected chi connectivity index (χ2v) is 3.71. The van der Waals surface area contributed by atoms with Gasteiger partial charge in [-0.2, -0.15) is 0 Å². The number of halogens is 1. The minimum Gasteiger partial charge on any atom is -0.330 e. The normalized spacial score (nSPS) is 16.2.